The molecule has 1 fully saturated rings. The van der Waals surface area contributed by atoms with Crippen molar-refractivity contribution in [1.29, 1.82) is 0 Å². The number of carbonyl (C=O) groups is 2. The van der Waals surface area contributed by atoms with Crippen LogP contribution in [0.2, 0.25) is 0 Å². The minimum absolute atomic E-state index is 0.000854. The SMILES string of the molecule is CC(=O)N1CCN(Cc2cccc(NC(=O)[C@H]3Cc4ccccc4S3)n2)CC1. The molecule has 4 rings (SSSR count). The molecular weight excluding hydrogens is 372 g/mol. The van der Waals surface area contributed by atoms with Gasteiger partial charge < -0.3 is 10.2 Å². The van der Waals surface area contributed by atoms with Crippen LogP contribution in [0.3, 0.4) is 0 Å². The van der Waals surface area contributed by atoms with Crippen molar-refractivity contribution in [2.75, 3.05) is 31.5 Å². The highest BCUT2D eigenvalue weighted by molar-refractivity contribution is 8.01. The molecule has 0 unspecified atom stereocenters. The Kier molecular flexibility index (Phi) is 5.64. The van der Waals surface area contributed by atoms with E-state index in [1.165, 1.54) is 10.5 Å². The van der Waals surface area contributed by atoms with E-state index in [0.29, 0.717) is 5.82 Å². The van der Waals surface area contributed by atoms with Gasteiger partial charge >= 0.3 is 0 Å². The Morgan fingerprint density at radius 3 is 2.64 bits per heavy atom. The second-order valence-electron chi connectivity index (χ2n) is 7.20. The van der Waals surface area contributed by atoms with Gasteiger partial charge in [-0.05, 0) is 30.2 Å². The first-order valence-corrected chi connectivity index (χ1v) is 10.5. The van der Waals surface area contributed by atoms with Gasteiger partial charge in [-0.25, -0.2) is 4.98 Å². The summed E-state index contributed by atoms with van der Waals surface area (Å²) in [5.74, 6) is 0.733. The van der Waals surface area contributed by atoms with Crippen molar-refractivity contribution >= 4 is 29.4 Å². The van der Waals surface area contributed by atoms with Crippen LogP contribution in [0.5, 0.6) is 0 Å². The fraction of sp³-hybridized carbons (Fsp3) is 0.381. The lowest BCUT2D eigenvalue weighted by molar-refractivity contribution is -0.130. The molecule has 1 saturated heterocycles. The lowest BCUT2D eigenvalue weighted by Crippen LogP contribution is -2.47. The number of fused-ring (bicyclic) bond motifs is 1. The Hall–Kier alpha value is -2.38. The maximum Gasteiger partial charge on any atom is 0.239 e. The molecule has 0 bridgehead atoms. The second-order valence-corrected chi connectivity index (χ2v) is 8.45. The summed E-state index contributed by atoms with van der Waals surface area (Å²) in [6.45, 7) is 5.53. The Bertz CT molecular complexity index is 855. The number of thioether (sulfide) groups is 1. The summed E-state index contributed by atoms with van der Waals surface area (Å²) < 4.78 is 0. The number of piperazine rings is 1. The van der Waals surface area contributed by atoms with E-state index in [-0.39, 0.29) is 17.1 Å². The van der Waals surface area contributed by atoms with Crippen LogP contribution in [0.15, 0.2) is 47.4 Å². The van der Waals surface area contributed by atoms with E-state index in [2.05, 4.69) is 27.3 Å². The van der Waals surface area contributed by atoms with Crippen molar-refractivity contribution in [3.8, 4) is 0 Å². The summed E-state index contributed by atoms with van der Waals surface area (Å²) in [7, 11) is 0. The predicted molar refractivity (Wildman–Crippen MR) is 110 cm³/mol. The van der Waals surface area contributed by atoms with Crippen molar-refractivity contribution in [2.45, 2.75) is 30.0 Å². The molecule has 28 heavy (non-hydrogen) atoms. The molecule has 0 spiro atoms. The third-order valence-electron chi connectivity index (χ3n) is 5.20. The first-order chi connectivity index (χ1) is 13.6. The fourth-order valence-corrected chi connectivity index (χ4v) is 4.82. The molecule has 7 heteroatoms. The molecule has 2 aliphatic rings. The Labute approximate surface area is 169 Å². The normalized spacial score (nSPS) is 19.3. The number of pyridine rings is 1. The van der Waals surface area contributed by atoms with E-state index in [0.717, 1.165) is 44.8 Å². The van der Waals surface area contributed by atoms with E-state index in [9.17, 15) is 9.59 Å². The third-order valence-corrected chi connectivity index (χ3v) is 6.52. The molecule has 3 heterocycles. The summed E-state index contributed by atoms with van der Waals surface area (Å²) >= 11 is 1.62. The summed E-state index contributed by atoms with van der Waals surface area (Å²) in [6.07, 6.45) is 0.757. The van der Waals surface area contributed by atoms with Gasteiger partial charge in [0.2, 0.25) is 11.8 Å². The number of amides is 2. The zero-order valence-corrected chi connectivity index (χ0v) is 16.7. The van der Waals surface area contributed by atoms with Gasteiger partial charge in [0.1, 0.15) is 5.82 Å². The van der Waals surface area contributed by atoms with Crippen LogP contribution in [0.1, 0.15) is 18.2 Å². The molecule has 2 amide bonds. The predicted octanol–water partition coefficient (Wildman–Crippen LogP) is 2.40. The van der Waals surface area contributed by atoms with Crippen molar-refractivity contribution < 1.29 is 9.59 Å². The minimum Gasteiger partial charge on any atom is -0.340 e. The van der Waals surface area contributed by atoms with Crippen molar-refractivity contribution in [3.63, 3.8) is 0 Å². The molecule has 0 radical (unpaired) electrons. The number of nitrogens with zero attached hydrogens (tertiary/aromatic N) is 3. The summed E-state index contributed by atoms with van der Waals surface area (Å²) in [6, 6.07) is 13.9. The van der Waals surface area contributed by atoms with Gasteiger partial charge in [0.15, 0.2) is 0 Å². The maximum absolute atomic E-state index is 12.7. The lowest BCUT2D eigenvalue weighted by Gasteiger charge is -2.33. The monoisotopic (exact) mass is 396 g/mol. The van der Waals surface area contributed by atoms with E-state index in [1.807, 2.05) is 35.2 Å². The zero-order chi connectivity index (χ0) is 19.5. The molecule has 1 atom stereocenters. The summed E-state index contributed by atoms with van der Waals surface area (Å²) in [4.78, 5) is 34.1. The van der Waals surface area contributed by atoms with Gasteiger partial charge in [0.25, 0.3) is 0 Å². The lowest BCUT2D eigenvalue weighted by atomic mass is 10.1. The van der Waals surface area contributed by atoms with Gasteiger partial charge in [-0.2, -0.15) is 0 Å². The van der Waals surface area contributed by atoms with Crippen LogP contribution < -0.4 is 5.32 Å². The quantitative estimate of drug-likeness (QED) is 0.860. The van der Waals surface area contributed by atoms with Gasteiger partial charge in [-0.15, -0.1) is 11.8 Å². The molecule has 2 aliphatic heterocycles. The molecule has 1 aromatic carbocycles. The second kappa shape index (κ2) is 8.32. The van der Waals surface area contributed by atoms with E-state index in [4.69, 9.17) is 0 Å². The number of nitrogens with one attached hydrogen (secondary N) is 1. The van der Waals surface area contributed by atoms with Crippen LogP contribution in [0.25, 0.3) is 0 Å². The maximum atomic E-state index is 12.7. The first kappa shape index (κ1) is 19.0. The Balaban J connectivity index is 1.33. The van der Waals surface area contributed by atoms with E-state index >= 15 is 0 Å². The highest BCUT2D eigenvalue weighted by Crippen LogP contribution is 2.37. The van der Waals surface area contributed by atoms with Crippen LogP contribution in [-0.4, -0.2) is 58.0 Å². The fourth-order valence-electron chi connectivity index (χ4n) is 3.62. The molecule has 6 nitrogen and oxygen atoms in total. The Morgan fingerprint density at radius 1 is 1.11 bits per heavy atom. The van der Waals surface area contributed by atoms with E-state index < -0.39 is 0 Å². The minimum atomic E-state index is -0.109. The van der Waals surface area contributed by atoms with Crippen LogP contribution in [0.4, 0.5) is 5.82 Å². The molecule has 2 aromatic rings. The van der Waals surface area contributed by atoms with Crippen LogP contribution >= 0.6 is 11.8 Å². The molecule has 0 saturated carbocycles. The number of carbonyl (C=O) groups excluding carboxylic acids is 2. The van der Waals surface area contributed by atoms with Crippen molar-refractivity contribution in [3.05, 3.63) is 53.7 Å². The average molecular weight is 397 g/mol. The number of benzene rings is 1. The Morgan fingerprint density at radius 2 is 1.89 bits per heavy atom. The topological polar surface area (TPSA) is 65.5 Å². The number of aromatic nitrogens is 1. The van der Waals surface area contributed by atoms with Gasteiger partial charge in [-0.3, -0.25) is 14.5 Å². The van der Waals surface area contributed by atoms with Crippen molar-refractivity contribution in [1.82, 2.24) is 14.8 Å². The number of hydrogen-bond donors (Lipinski definition) is 1. The molecular formula is C21H24N4O2S. The molecule has 1 N–H and O–H groups in total. The summed E-state index contributed by atoms with van der Waals surface area (Å²) in [5.41, 5.74) is 2.16. The van der Waals surface area contributed by atoms with Crippen molar-refractivity contribution in [2.24, 2.45) is 0 Å². The van der Waals surface area contributed by atoms with E-state index in [1.54, 1.807) is 18.7 Å². The highest BCUT2D eigenvalue weighted by Gasteiger charge is 2.28. The standard InChI is InChI=1S/C21H24N4O2S/c1-15(26)25-11-9-24(10-12-25)14-17-6-4-8-20(22-17)23-21(27)19-13-16-5-2-3-7-18(16)28-19/h2-8,19H,9-14H2,1H3,(H,22,23,27)/t19-/m1/s1. The number of hydrogen-bond acceptors (Lipinski definition) is 5. The number of rotatable bonds is 4. The van der Waals surface area contributed by atoms with Crippen LogP contribution in [0, 0.1) is 0 Å². The third kappa shape index (κ3) is 4.36. The average Bonchev–Trinajstić information content (AvgIpc) is 3.13. The summed E-state index contributed by atoms with van der Waals surface area (Å²) in [5, 5.41) is 2.87. The zero-order valence-electron chi connectivity index (χ0n) is 15.9. The van der Waals surface area contributed by atoms with Crippen LogP contribution in [-0.2, 0) is 22.6 Å². The molecule has 1 aromatic heterocycles. The van der Waals surface area contributed by atoms with Gasteiger partial charge in [-0.1, -0.05) is 24.3 Å². The highest BCUT2D eigenvalue weighted by atomic mass is 32.2. The smallest absolute Gasteiger partial charge is 0.239 e. The largest absolute Gasteiger partial charge is 0.340 e. The number of anilines is 1. The molecule has 0 aliphatic carbocycles. The first-order valence-electron chi connectivity index (χ1n) is 9.58. The molecule has 146 valence electrons. The van der Waals surface area contributed by atoms with Gasteiger partial charge in [0, 0.05) is 44.5 Å². The van der Waals surface area contributed by atoms with Gasteiger partial charge in [0.05, 0.1) is 10.9 Å².